The van der Waals surface area contributed by atoms with Gasteiger partial charge in [-0.15, -0.1) is 0 Å². The molecule has 0 fully saturated rings. The predicted molar refractivity (Wildman–Crippen MR) is 76.1 cm³/mol. The first-order valence-electron chi connectivity index (χ1n) is 5.95. The van der Waals surface area contributed by atoms with E-state index in [1.165, 1.54) is 12.7 Å². The smallest absolute Gasteiger partial charge is 0.323 e. The summed E-state index contributed by atoms with van der Waals surface area (Å²) in [4.78, 5) is 15.7. The van der Waals surface area contributed by atoms with Crippen LogP contribution in [0.3, 0.4) is 0 Å². The molecule has 5 nitrogen and oxygen atoms in total. The van der Waals surface area contributed by atoms with Gasteiger partial charge in [-0.2, -0.15) is 11.8 Å². The molecule has 0 aliphatic carbocycles. The van der Waals surface area contributed by atoms with E-state index < -0.39 is 6.04 Å². The number of rotatable bonds is 5. The number of ether oxygens (including phenoxy) is 1. The first kappa shape index (κ1) is 13.9. The summed E-state index contributed by atoms with van der Waals surface area (Å²) in [7, 11) is 1.34. The molecular formula is C13H17N3O2S. The second-order valence-corrected chi connectivity index (χ2v) is 5.38. The van der Waals surface area contributed by atoms with Crippen molar-refractivity contribution in [3.8, 4) is 0 Å². The van der Waals surface area contributed by atoms with Gasteiger partial charge in [0.05, 0.1) is 12.8 Å². The Bertz CT molecular complexity index is 582. The highest BCUT2D eigenvalue weighted by Gasteiger charge is 2.13. The van der Waals surface area contributed by atoms with Crippen molar-refractivity contribution in [2.24, 2.45) is 5.73 Å². The number of esters is 1. The van der Waals surface area contributed by atoms with Gasteiger partial charge in [0, 0.05) is 23.9 Å². The number of nitrogens with zero attached hydrogens (tertiary/aromatic N) is 2. The summed E-state index contributed by atoms with van der Waals surface area (Å²) in [6, 6.07) is 3.45. The largest absolute Gasteiger partial charge is 0.468 e. The molecule has 0 saturated carbocycles. The van der Waals surface area contributed by atoms with E-state index in [0.29, 0.717) is 5.75 Å². The third-order valence-corrected chi connectivity index (χ3v) is 3.79. The van der Waals surface area contributed by atoms with Crippen LogP contribution in [-0.4, -0.2) is 34.3 Å². The molecule has 0 spiro atoms. The Morgan fingerprint density at radius 2 is 2.32 bits per heavy atom. The van der Waals surface area contributed by atoms with Crippen LogP contribution in [0.1, 0.15) is 11.3 Å². The SMILES string of the molecule is COC(=O)C(N)CSCc1cn2cc(C)ccc2n1. The van der Waals surface area contributed by atoms with Crippen LogP contribution in [0.5, 0.6) is 0 Å². The molecule has 19 heavy (non-hydrogen) atoms. The average molecular weight is 279 g/mol. The Balaban J connectivity index is 1.93. The zero-order chi connectivity index (χ0) is 13.8. The molecule has 102 valence electrons. The number of hydrogen-bond donors (Lipinski definition) is 1. The second kappa shape index (κ2) is 6.08. The van der Waals surface area contributed by atoms with Crippen molar-refractivity contribution in [2.75, 3.05) is 12.9 Å². The highest BCUT2D eigenvalue weighted by atomic mass is 32.2. The molecule has 2 N–H and O–H groups in total. The fourth-order valence-corrected chi connectivity index (χ4v) is 2.59. The number of thioether (sulfide) groups is 1. The number of fused-ring (bicyclic) bond motifs is 1. The Kier molecular flexibility index (Phi) is 4.44. The zero-order valence-electron chi connectivity index (χ0n) is 11.0. The molecule has 0 aliphatic heterocycles. The van der Waals surface area contributed by atoms with Crippen molar-refractivity contribution in [1.82, 2.24) is 9.38 Å². The fraction of sp³-hybridized carbons (Fsp3) is 0.385. The van der Waals surface area contributed by atoms with Gasteiger partial charge in [-0.25, -0.2) is 4.98 Å². The predicted octanol–water partition coefficient (Wildman–Crippen LogP) is 1.38. The van der Waals surface area contributed by atoms with Crippen molar-refractivity contribution in [1.29, 1.82) is 0 Å². The van der Waals surface area contributed by atoms with Crippen LogP contribution in [0.2, 0.25) is 0 Å². The lowest BCUT2D eigenvalue weighted by molar-refractivity contribution is -0.141. The first-order chi connectivity index (χ1) is 9.10. The summed E-state index contributed by atoms with van der Waals surface area (Å²) < 4.78 is 6.58. The zero-order valence-corrected chi connectivity index (χ0v) is 11.8. The van der Waals surface area contributed by atoms with Crippen LogP contribution in [0.4, 0.5) is 0 Å². The molecule has 2 rings (SSSR count). The van der Waals surface area contributed by atoms with Crippen molar-refractivity contribution in [2.45, 2.75) is 18.7 Å². The number of nitrogens with two attached hydrogens (primary N) is 1. The van der Waals surface area contributed by atoms with E-state index in [1.54, 1.807) is 11.8 Å². The van der Waals surface area contributed by atoms with Crippen molar-refractivity contribution < 1.29 is 9.53 Å². The van der Waals surface area contributed by atoms with Gasteiger partial charge in [0.25, 0.3) is 0 Å². The molecule has 1 unspecified atom stereocenters. The van der Waals surface area contributed by atoms with Crippen LogP contribution in [0, 0.1) is 6.92 Å². The second-order valence-electron chi connectivity index (χ2n) is 4.35. The van der Waals surface area contributed by atoms with E-state index in [1.807, 2.05) is 35.9 Å². The van der Waals surface area contributed by atoms with Crippen molar-refractivity contribution in [3.63, 3.8) is 0 Å². The number of aromatic nitrogens is 2. The van der Waals surface area contributed by atoms with Gasteiger partial charge in [0.2, 0.25) is 0 Å². The summed E-state index contributed by atoms with van der Waals surface area (Å²) in [5.41, 5.74) is 8.77. The van der Waals surface area contributed by atoms with Crippen molar-refractivity contribution in [3.05, 3.63) is 35.8 Å². The van der Waals surface area contributed by atoms with Gasteiger partial charge in [-0.05, 0) is 18.6 Å². The van der Waals surface area contributed by atoms with E-state index in [-0.39, 0.29) is 5.97 Å². The maximum Gasteiger partial charge on any atom is 0.323 e. The number of aryl methyl sites for hydroxylation is 1. The van der Waals surface area contributed by atoms with Gasteiger partial charge < -0.3 is 14.9 Å². The molecule has 2 aromatic heterocycles. The van der Waals surface area contributed by atoms with Crippen LogP contribution in [0.15, 0.2) is 24.5 Å². The molecule has 0 saturated heterocycles. The minimum absolute atomic E-state index is 0.377. The molecular weight excluding hydrogens is 262 g/mol. The van der Waals surface area contributed by atoms with Gasteiger partial charge in [-0.3, -0.25) is 4.79 Å². The lowest BCUT2D eigenvalue weighted by Gasteiger charge is -2.07. The van der Waals surface area contributed by atoms with Crippen LogP contribution in [-0.2, 0) is 15.3 Å². The number of pyridine rings is 1. The van der Waals surface area contributed by atoms with Gasteiger partial charge in [0.1, 0.15) is 11.7 Å². The monoisotopic (exact) mass is 279 g/mol. The maximum atomic E-state index is 11.2. The normalized spacial score (nSPS) is 12.6. The van der Waals surface area contributed by atoms with E-state index in [9.17, 15) is 4.79 Å². The standard InChI is InChI=1S/C13H17N3O2S/c1-9-3-4-12-15-10(6-16(12)5-9)7-19-8-11(14)13(17)18-2/h3-6,11H,7-8,14H2,1-2H3. The van der Waals surface area contributed by atoms with Gasteiger partial charge >= 0.3 is 5.97 Å². The molecule has 1 atom stereocenters. The first-order valence-corrected chi connectivity index (χ1v) is 7.11. The summed E-state index contributed by atoms with van der Waals surface area (Å²) in [5, 5.41) is 0. The number of methoxy groups -OCH3 is 1. The van der Waals surface area contributed by atoms with E-state index in [4.69, 9.17) is 5.73 Å². The third-order valence-electron chi connectivity index (χ3n) is 2.70. The highest BCUT2D eigenvalue weighted by Crippen LogP contribution is 2.14. The summed E-state index contributed by atoms with van der Waals surface area (Å²) in [6.07, 6.45) is 4.04. The van der Waals surface area contributed by atoms with Gasteiger partial charge in [0.15, 0.2) is 0 Å². The average Bonchev–Trinajstić information content (AvgIpc) is 2.79. The molecule has 2 heterocycles. The van der Waals surface area contributed by atoms with E-state index >= 15 is 0 Å². The Hall–Kier alpha value is -1.53. The van der Waals surface area contributed by atoms with Crippen LogP contribution >= 0.6 is 11.8 Å². The summed E-state index contributed by atoms with van der Waals surface area (Å²) >= 11 is 1.58. The van der Waals surface area contributed by atoms with E-state index in [0.717, 1.165) is 17.1 Å². The van der Waals surface area contributed by atoms with Gasteiger partial charge in [-0.1, -0.05) is 6.07 Å². The molecule has 6 heteroatoms. The molecule has 0 amide bonds. The molecule has 2 aromatic rings. The fourth-order valence-electron chi connectivity index (χ4n) is 1.73. The number of imidazole rings is 1. The topological polar surface area (TPSA) is 69.6 Å². The van der Waals surface area contributed by atoms with Crippen LogP contribution in [0.25, 0.3) is 5.65 Å². The van der Waals surface area contributed by atoms with Crippen LogP contribution < -0.4 is 5.73 Å². The highest BCUT2D eigenvalue weighted by molar-refractivity contribution is 7.98. The van der Waals surface area contributed by atoms with E-state index in [2.05, 4.69) is 9.72 Å². The Labute approximate surface area is 116 Å². The molecule has 0 radical (unpaired) electrons. The lowest BCUT2D eigenvalue weighted by atomic mass is 10.3. The molecule has 0 bridgehead atoms. The van der Waals surface area contributed by atoms with Crippen molar-refractivity contribution >= 4 is 23.4 Å². The Morgan fingerprint density at radius 1 is 1.53 bits per heavy atom. The quantitative estimate of drug-likeness (QED) is 0.837. The minimum Gasteiger partial charge on any atom is -0.468 e. The number of carbonyl (C=O) groups is 1. The molecule has 0 aromatic carbocycles. The number of carbonyl (C=O) groups excluding carboxylic acids is 1. The lowest BCUT2D eigenvalue weighted by Crippen LogP contribution is -2.33. The summed E-state index contributed by atoms with van der Waals surface area (Å²) in [6.45, 7) is 2.04. The minimum atomic E-state index is -0.575. The maximum absolute atomic E-state index is 11.2. The summed E-state index contributed by atoms with van der Waals surface area (Å²) in [5.74, 6) is 0.878. The Morgan fingerprint density at radius 3 is 3.05 bits per heavy atom. The third kappa shape index (κ3) is 3.48. The number of hydrogen-bond acceptors (Lipinski definition) is 5. The molecule has 0 aliphatic rings.